The van der Waals surface area contributed by atoms with Crippen LogP contribution >= 0.6 is 23.4 Å². The van der Waals surface area contributed by atoms with Gasteiger partial charge in [0.05, 0.1) is 41.6 Å². The SMILES string of the molecule is CCSc1cc(C#N)cc2c(NCc3ccc(OC)c(Cl)c3)c(CO)cnc12. The molecule has 0 saturated carbocycles. The molecule has 0 aliphatic rings. The molecular weight excluding hydrogens is 394 g/mol. The van der Waals surface area contributed by atoms with Crippen LogP contribution in [0.1, 0.15) is 23.6 Å². The van der Waals surface area contributed by atoms with Gasteiger partial charge in [-0.1, -0.05) is 24.6 Å². The summed E-state index contributed by atoms with van der Waals surface area (Å²) in [5.41, 5.74) is 3.80. The lowest BCUT2D eigenvalue weighted by Crippen LogP contribution is -2.05. The predicted molar refractivity (Wildman–Crippen MR) is 114 cm³/mol. The second-order valence-corrected chi connectivity index (χ2v) is 7.77. The molecule has 3 rings (SSSR count). The van der Waals surface area contributed by atoms with Crippen LogP contribution in [0.25, 0.3) is 10.9 Å². The monoisotopic (exact) mass is 413 g/mol. The van der Waals surface area contributed by atoms with E-state index >= 15 is 0 Å². The number of hydrogen-bond donors (Lipinski definition) is 2. The first-order valence-electron chi connectivity index (χ1n) is 8.76. The molecule has 28 heavy (non-hydrogen) atoms. The van der Waals surface area contributed by atoms with Crippen LogP contribution in [-0.2, 0) is 13.2 Å². The molecule has 0 amide bonds. The molecule has 5 nitrogen and oxygen atoms in total. The van der Waals surface area contributed by atoms with E-state index in [0.717, 1.165) is 32.8 Å². The van der Waals surface area contributed by atoms with Gasteiger partial charge in [0.2, 0.25) is 0 Å². The number of fused-ring (bicyclic) bond motifs is 1. The second kappa shape index (κ2) is 9.16. The highest BCUT2D eigenvalue weighted by Gasteiger charge is 2.14. The number of nitrogens with one attached hydrogen (secondary N) is 1. The van der Waals surface area contributed by atoms with Crippen molar-refractivity contribution in [3.8, 4) is 11.8 Å². The molecular formula is C21H20ClN3O2S. The number of ether oxygens (including phenoxy) is 1. The van der Waals surface area contributed by atoms with Crippen molar-refractivity contribution < 1.29 is 9.84 Å². The number of nitrogens with zero attached hydrogens (tertiary/aromatic N) is 2. The maximum atomic E-state index is 9.80. The van der Waals surface area contributed by atoms with Crippen LogP contribution in [0.3, 0.4) is 0 Å². The second-order valence-electron chi connectivity index (χ2n) is 6.05. The van der Waals surface area contributed by atoms with Gasteiger partial charge in [0.25, 0.3) is 0 Å². The number of thioether (sulfide) groups is 1. The topological polar surface area (TPSA) is 78.2 Å². The fraction of sp³-hybridized carbons (Fsp3) is 0.238. The maximum absolute atomic E-state index is 9.80. The van der Waals surface area contributed by atoms with Crippen molar-refractivity contribution in [3.05, 3.63) is 58.2 Å². The van der Waals surface area contributed by atoms with Crippen LogP contribution in [0.2, 0.25) is 5.02 Å². The number of hydrogen-bond acceptors (Lipinski definition) is 6. The van der Waals surface area contributed by atoms with E-state index in [1.54, 1.807) is 25.1 Å². The van der Waals surface area contributed by atoms with E-state index in [9.17, 15) is 10.4 Å². The first kappa shape index (κ1) is 20.3. The number of aliphatic hydroxyl groups is 1. The zero-order chi connectivity index (χ0) is 20.1. The Labute approximate surface area is 173 Å². The molecule has 0 radical (unpaired) electrons. The van der Waals surface area contributed by atoms with E-state index in [0.29, 0.717) is 28.4 Å². The number of pyridine rings is 1. The third-order valence-corrected chi connectivity index (χ3v) is 5.51. The highest BCUT2D eigenvalue weighted by molar-refractivity contribution is 7.99. The predicted octanol–water partition coefficient (Wildman–Crippen LogP) is 4.98. The third kappa shape index (κ3) is 4.17. The number of rotatable bonds is 7. The standard InChI is InChI=1S/C21H20ClN3O2S/c1-3-28-19-8-14(9-23)6-16-20(15(12-26)11-25-21(16)19)24-10-13-4-5-18(27-2)17(22)7-13/h4-8,11,26H,3,10,12H2,1-2H3,(H,24,25). The summed E-state index contributed by atoms with van der Waals surface area (Å²) >= 11 is 7.86. The Morgan fingerprint density at radius 2 is 2.14 bits per heavy atom. The molecule has 0 unspecified atom stereocenters. The third-order valence-electron chi connectivity index (χ3n) is 4.30. The Kier molecular flexibility index (Phi) is 6.63. The van der Waals surface area contributed by atoms with Crippen LogP contribution in [0.4, 0.5) is 5.69 Å². The molecule has 2 N–H and O–H groups in total. The van der Waals surface area contributed by atoms with Crippen LogP contribution in [0.15, 0.2) is 41.4 Å². The van der Waals surface area contributed by atoms with E-state index in [-0.39, 0.29) is 6.61 Å². The van der Waals surface area contributed by atoms with Crippen molar-refractivity contribution in [2.75, 3.05) is 18.2 Å². The Hall–Kier alpha value is -2.46. The summed E-state index contributed by atoms with van der Waals surface area (Å²) in [5, 5.41) is 24.0. The normalized spacial score (nSPS) is 10.7. The van der Waals surface area contributed by atoms with Gasteiger partial charge in [0, 0.05) is 28.6 Å². The van der Waals surface area contributed by atoms with Crippen molar-refractivity contribution in [2.45, 2.75) is 25.0 Å². The molecule has 0 saturated heterocycles. The van der Waals surface area contributed by atoms with Gasteiger partial charge in [0.1, 0.15) is 5.75 Å². The molecule has 1 heterocycles. The van der Waals surface area contributed by atoms with Crippen molar-refractivity contribution in [1.82, 2.24) is 4.98 Å². The smallest absolute Gasteiger partial charge is 0.137 e. The van der Waals surface area contributed by atoms with Crippen molar-refractivity contribution in [3.63, 3.8) is 0 Å². The largest absolute Gasteiger partial charge is 0.495 e. The molecule has 144 valence electrons. The number of aromatic nitrogens is 1. The van der Waals surface area contributed by atoms with Gasteiger partial charge >= 0.3 is 0 Å². The van der Waals surface area contributed by atoms with E-state index < -0.39 is 0 Å². The highest BCUT2D eigenvalue weighted by Crippen LogP contribution is 2.34. The molecule has 1 aromatic heterocycles. The van der Waals surface area contributed by atoms with Gasteiger partial charge in [-0.15, -0.1) is 11.8 Å². The quantitative estimate of drug-likeness (QED) is 0.531. The van der Waals surface area contributed by atoms with Gasteiger partial charge in [0.15, 0.2) is 0 Å². The van der Waals surface area contributed by atoms with Gasteiger partial charge < -0.3 is 15.2 Å². The van der Waals surface area contributed by atoms with Gasteiger partial charge in [-0.2, -0.15) is 5.26 Å². The first-order valence-corrected chi connectivity index (χ1v) is 10.1. The molecule has 0 fully saturated rings. The molecule has 2 aromatic carbocycles. The zero-order valence-corrected chi connectivity index (χ0v) is 17.2. The molecule has 0 spiro atoms. The summed E-state index contributed by atoms with van der Waals surface area (Å²) in [7, 11) is 1.58. The lowest BCUT2D eigenvalue weighted by Gasteiger charge is -2.16. The van der Waals surface area contributed by atoms with Crippen LogP contribution in [0.5, 0.6) is 5.75 Å². The number of nitriles is 1. The highest BCUT2D eigenvalue weighted by atomic mass is 35.5. The minimum absolute atomic E-state index is 0.151. The maximum Gasteiger partial charge on any atom is 0.137 e. The van der Waals surface area contributed by atoms with Crippen molar-refractivity contribution in [1.29, 1.82) is 5.26 Å². The summed E-state index contributed by atoms with van der Waals surface area (Å²) in [6.45, 7) is 2.41. The Bertz CT molecular complexity index is 1050. The first-order chi connectivity index (χ1) is 13.6. The van der Waals surface area contributed by atoms with Crippen molar-refractivity contribution >= 4 is 40.0 Å². The average molecular weight is 414 g/mol. The molecule has 0 bridgehead atoms. The van der Waals surface area contributed by atoms with Crippen LogP contribution < -0.4 is 10.1 Å². The lowest BCUT2D eigenvalue weighted by molar-refractivity contribution is 0.282. The summed E-state index contributed by atoms with van der Waals surface area (Å²) in [4.78, 5) is 5.49. The van der Waals surface area contributed by atoms with E-state index in [2.05, 4.69) is 23.3 Å². The summed E-state index contributed by atoms with van der Waals surface area (Å²) in [6, 6.07) is 11.5. The minimum Gasteiger partial charge on any atom is -0.495 e. The van der Waals surface area contributed by atoms with E-state index in [1.807, 2.05) is 30.3 Å². The molecule has 7 heteroatoms. The number of methoxy groups -OCH3 is 1. The van der Waals surface area contributed by atoms with Crippen LogP contribution in [0, 0.1) is 11.3 Å². The van der Waals surface area contributed by atoms with Gasteiger partial charge in [-0.3, -0.25) is 4.98 Å². The Morgan fingerprint density at radius 1 is 1.32 bits per heavy atom. The minimum atomic E-state index is -0.151. The molecule has 3 aromatic rings. The number of benzene rings is 2. The molecule has 0 atom stereocenters. The number of aliphatic hydroxyl groups excluding tert-OH is 1. The summed E-state index contributed by atoms with van der Waals surface area (Å²) in [6.07, 6.45) is 1.68. The van der Waals surface area contributed by atoms with Gasteiger partial charge in [-0.05, 0) is 35.6 Å². The Balaban J connectivity index is 2.04. The van der Waals surface area contributed by atoms with Crippen LogP contribution in [-0.4, -0.2) is 23.0 Å². The molecule has 0 aliphatic carbocycles. The van der Waals surface area contributed by atoms with Crippen molar-refractivity contribution in [2.24, 2.45) is 0 Å². The average Bonchev–Trinajstić information content (AvgIpc) is 2.71. The lowest BCUT2D eigenvalue weighted by atomic mass is 10.1. The summed E-state index contributed by atoms with van der Waals surface area (Å²) < 4.78 is 5.19. The molecule has 0 aliphatic heterocycles. The number of halogens is 1. The van der Waals surface area contributed by atoms with Gasteiger partial charge in [-0.25, -0.2) is 0 Å². The fourth-order valence-corrected chi connectivity index (χ4v) is 4.08. The number of anilines is 1. The fourth-order valence-electron chi connectivity index (χ4n) is 2.98. The Morgan fingerprint density at radius 3 is 2.79 bits per heavy atom. The zero-order valence-electron chi connectivity index (χ0n) is 15.6. The van der Waals surface area contributed by atoms with E-state index in [4.69, 9.17) is 16.3 Å². The van der Waals surface area contributed by atoms with E-state index in [1.165, 1.54) is 0 Å². The summed E-state index contributed by atoms with van der Waals surface area (Å²) in [5.74, 6) is 1.50.